The number of benzene rings is 1. The van der Waals surface area contributed by atoms with Gasteiger partial charge in [0, 0.05) is 18.7 Å². The molecule has 2 rings (SSSR count). The van der Waals surface area contributed by atoms with Gasteiger partial charge in [0.05, 0.1) is 24.3 Å². The summed E-state index contributed by atoms with van der Waals surface area (Å²) in [5.41, 5.74) is 6.39. The lowest BCUT2D eigenvalue weighted by atomic mass is 10.1. The summed E-state index contributed by atoms with van der Waals surface area (Å²) in [4.78, 5) is 13.8. The van der Waals surface area contributed by atoms with Crippen molar-refractivity contribution >= 4 is 5.91 Å². The summed E-state index contributed by atoms with van der Waals surface area (Å²) in [7, 11) is 0. The van der Waals surface area contributed by atoms with Crippen molar-refractivity contribution in [1.82, 2.24) is 4.90 Å². The first-order valence-corrected chi connectivity index (χ1v) is 6.07. The molecule has 5 heteroatoms. The van der Waals surface area contributed by atoms with E-state index in [4.69, 9.17) is 5.73 Å². The minimum Gasteiger partial charge on any atom is -0.388 e. The fourth-order valence-electron chi connectivity index (χ4n) is 2.03. The quantitative estimate of drug-likeness (QED) is 0.575. The number of rotatable bonds is 1. The molecule has 1 aliphatic rings. The number of hydrogen-bond donors (Lipinski definition) is 3. The van der Waals surface area contributed by atoms with Gasteiger partial charge in [-0.05, 0) is 12.1 Å². The molecule has 1 aromatic rings. The summed E-state index contributed by atoms with van der Waals surface area (Å²) in [6.07, 6.45) is -1.77. The number of aliphatic hydroxyl groups excluding tert-OH is 2. The van der Waals surface area contributed by atoms with E-state index in [9.17, 15) is 15.0 Å². The van der Waals surface area contributed by atoms with Crippen LogP contribution in [0.1, 0.15) is 15.9 Å². The molecule has 0 aromatic heterocycles. The third-order valence-corrected chi connectivity index (χ3v) is 3.03. The van der Waals surface area contributed by atoms with Crippen LogP contribution < -0.4 is 5.73 Å². The van der Waals surface area contributed by atoms with Crippen molar-refractivity contribution in [1.29, 1.82) is 0 Å². The van der Waals surface area contributed by atoms with E-state index >= 15 is 0 Å². The molecule has 0 bridgehead atoms. The van der Waals surface area contributed by atoms with Gasteiger partial charge in [-0.3, -0.25) is 4.79 Å². The van der Waals surface area contributed by atoms with E-state index in [0.717, 1.165) is 0 Å². The predicted octanol–water partition coefficient (Wildman–Crippen LogP) is -0.826. The van der Waals surface area contributed by atoms with Gasteiger partial charge in [-0.1, -0.05) is 24.0 Å². The lowest BCUT2D eigenvalue weighted by Gasteiger charge is -2.16. The van der Waals surface area contributed by atoms with Crippen LogP contribution in [0.15, 0.2) is 24.3 Å². The minimum atomic E-state index is -0.883. The van der Waals surface area contributed by atoms with Crippen molar-refractivity contribution in [3.05, 3.63) is 35.4 Å². The Kier molecular flexibility index (Phi) is 4.17. The highest BCUT2D eigenvalue weighted by atomic mass is 16.3. The summed E-state index contributed by atoms with van der Waals surface area (Å²) in [5.74, 6) is 5.33. The van der Waals surface area contributed by atoms with Gasteiger partial charge < -0.3 is 20.8 Å². The van der Waals surface area contributed by atoms with Gasteiger partial charge in [0.15, 0.2) is 0 Å². The Morgan fingerprint density at radius 3 is 2.58 bits per heavy atom. The molecule has 1 aromatic carbocycles. The normalized spacial score (nSPS) is 21.9. The van der Waals surface area contributed by atoms with Crippen molar-refractivity contribution in [2.45, 2.75) is 12.2 Å². The zero-order chi connectivity index (χ0) is 13.8. The van der Waals surface area contributed by atoms with Gasteiger partial charge in [-0.15, -0.1) is 0 Å². The maximum atomic E-state index is 12.3. The number of amides is 1. The van der Waals surface area contributed by atoms with Gasteiger partial charge in [0.1, 0.15) is 0 Å². The molecule has 1 fully saturated rings. The van der Waals surface area contributed by atoms with Crippen molar-refractivity contribution in [2.24, 2.45) is 5.73 Å². The molecule has 0 aliphatic carbocycles. The van der Waals surface area contributed by atoms with Crippen LogP contribution in [0.25, 0.3) is 0 Å². The number of likely N-dealkylation sites (tertiary alicyclic amines) is 1. The lowest BCUT2D eigenvalue weighted by molar-refractivity contribution is 0.0572. The maximum absolute atomic E-state index is 12.3. The van der Waals surface area contributed by atoms with Crippen LogP contribution in [0.2, 0.25) is 0 Å². The van der Waals surface area contributed by atoms with Crippen LogP contribution in [0.5, 0.6) is 0 Å². The molecule has 1 aliphatic heterocycles. The fraction of sp³-hybridized carbons (Fsp3) is 0.357. The van der Waals surface area contributed by atoms with Crippen LogP contribution in [0.3, 0.4) is 0 Å². The number of nitrogens with two attached hydrogens (primary N) is 1. The van der Waals surface area contributed by atoms with Crippen LogP contribution in [0.4, 0.5) is 0 Å². The van der Waals surface area contributed by atoms with Gasteiger partial charge >= 0.3 is 0 Å². The Balaban J connectivity index is 2.24. The van der Waals surface area contributed by atoms with E-state index < -0.39 is 12.2 Å². The van der Waals surface area contributed by atoms with Gasteiger partial charge in [0.25, 0.3) is 5.91 Å². The highest BCUT2D eigenvalue weighted by Crippen LogP contribution is 2.16. The Labute approximate surface area is 111 Å². The molecule has 100 valence electrons. The van der Waals surface area contributed by atoms with Crippen LogP contribution in [-0.4, -0.2) is 52.9 Å². The molecular formula is C14H16N2O3. The SMILES string of the molecule is NCC#Cc1ccccc1C(=O)N1CC(O)C(O)C1. The summed E-state index contributed by atoms with van der Waals surface area (Å²) in [6, 6.07) is 6.98. The van der Waals surface area contributed by atoms with E-state index in [1.54, 1.807) is 24.3 Å². The summed E-state index contributed by atoms with van der Waals surface area (Å²) in [5, 5.41) is 19.0. The standard InChI is InChI=1S/C14H16N2O3/c15-7-3-5-10-4-1-2-6-11(10)14(19)16-8-12(17)13(18)9-16/h1-2,4,6,12-13,17-18H,7-9,15H2. The van der Waals surface area contributed by atoms with E-state index in [2.05, 4.69) is 11.8 Å². The summed E-state index contributed by atoms with van der Waals surface area (Å²) >= 11 is 0. The van der Waals surface area contributed by atoms with E-state index in [-0.39, 0.29) is 25.5 Å². The molecule has 0 spiro atoms. The molecule has 1 amide bonds. The van der Waals surface area contributed by atoms with Crippen LogP contribution in [0, 0.1) is 11.8 Å². The van der Waals surface area contributed by atoms with E-state index in [1.807, 2.05) is 0 Å². The fourth-order valence-corrected chi connectivity index (χ4v) is 2.03. The van der Waals surface area contributed by atoms with Gasteiger partial charge in [-0.25, -0.2) is 0 Å². The third kappa shape index (κ3) is 2.93. The van der Waals surface area contributed by atoms with Crippen molar-refractivity contribution in [2.75, 3.05) is 19.6 Å². The molecule has 2 unspecified atom stereocenters. The smallest absolute Gasteiger partial charge is 0.255 e. The second-order valence-corrected chi connectivity index (χ2v) is 4.40. The third-order valence-electron chi connectivity index (χ3n) is 3.03. The molecule has 1 saturated heterocycles. The Bertz CT molecular complexity index is 523. The molecule has 4 N–H and O–H groups in total. The number of aliphatic hydroxyl groups is 2. The largest absolute Gasteiger partial charge is 0.388 e. The minimum absolute atomic E-state index is 0.138. The summed E-state index contributed by atoms with van der Waals surface area (Å²) < 4.78 is 0. The van der Waals surface area contributed by atoms with Gasteiger partial charge in [-0.2, -0.15) is 0 Å². The number of β-amino-alcohol motifs (C(OH)–C–C–N with tert-alkyl or cyclic N) is 2. The molecule has 1 heterocycles. The second kappa shape index (κ2) is 5.85. The molecule has 0 saturated carbocycles. The zero-order valence-electron chi connectivity index (χ0n) is 10.4. The van der Waals surface area contributed by atoms with E-state index in [0.29, 0.717) is 11.1 Å². The zero-order valence-corrected chi connectivity index (χ0v) is 10.4. The highest BCUT2D eigenvalue weighted by molar-refractivity contribution is 5.97. The van der Waals surface area contributed by atoms with Crippen molar-refractivity contribution in [3.8, 4) is 11.8 Å². The Hall–Kier alpha value is -1.87. The predicted molar refractivity (Wildman–Crippen MR) is 70.3 cm³/mol. The lowest BCUT2D eigenvalue weighted by Crippen LogP contribution is -2.30. The first-order chi connectivity index (χ1) is 9.13. The van der Waals surface area contributed by atoms with Gasteiger partial charge in [0.2, 0.25) is 0 Å². The Morgan fingerprint density at radius 2 is 1.95 bits per heavy atom. The van der Waals surface area contributed by atoms with E-state index in [1.165, 1.54) is 4.90 Å². The average Bonchev–Trinajstić information content (AvgIpc) is 2.76. The highest BCUT2D eigenvalue weighted by Gasteiger charge is 2.33. The van der Waals surface area contributed by atoms with Crippen molar-refractivity contribution in [3.63, 3.8) is 0 Å². The topological polar surface area (TPSA) is 86.8 Å². The molecule has 19 heavy (non-hydrogen) atoms. The van der Waals surface area contributed by atoms with Crippen LogP contribution >= 0.6 is 0 Å². The average molecular weight is 260 g/mol. The summed E-state index contributed by atoms with van der Waals surface area (Å²) in [6.45, 7) is 0.501. The second-order valence-electron chi connectivity index (χ2n) is 4.40. The van der Waals surface area contributed by atoms with Crippen LogP contribution in [-0.2, 0) is 0 Å². The monoisotopic (exact) mass is 260 g/mol. The number of hydrogen-bond acceptors (Lipinski definition) is 4. The molecule has 5 nitrogen and oxygen atoms in total. The molecule has 2 atom stereocenters. The first-order valence-electron chi connectivity index (χ1n) is 6.07. The molecular weight excluding hydrogens is 244 g/mol. The Morgan fingerprint density at radius 1 is 1.32 bits per heavy atom. The molecule has 0 radical (unpaired) electrons. The first kappa shape index (κ1) is 13.6. The maximum Gasteiger partial charge on any atom is 0.255 e. The number of carbonyl (C=O) groups is 1. The number of nitrogens with zero attached hydrogens (tertiary/aromatic N) is 1. The number of carbonyl (C=O) groups excluding carboxylic acids is 1. The van der Waals surface area contributed by atoms with Crippen molar-refractivity contribution < 1.29 is 15.0 Å².